The fraction of sp³-hybridized carbons (Fsp3) is 0.333. The summed E-state index contributed by atoms with van der Waals surface area (Å²) in [5.74, 6) is -0.830. The molecular weight excluding hydrogens is 569 g/mol. The predicted octanol–water partition coefficient (Wildman–Crippen LogP) is 6.05. The fourth-order valence-electron chi connectivity index (χ4n) is 4.83. The normalized spacial score (nSPS) is 14.8. The van der Waals surface area contributed by atoms with Crippen molar-refractivity contribution in [2.45, 2.75) is 62.6 Å². The van der Waals surface area contributed by atoms with E-state index in [2.05, 4.69) is 5.32 Å². The number of carbonyl (C=O) groups excluding carboxylic acids is 2. The molecule has 1 aliphatic carbocycles. The molecule has 0 heterocycles. The summed E-state index contributed by atoms with van der Waals surface area (Å²) in [6, 6.07) is 20.5. The maximum Gasteiger partial charge on any atom is 0.264 e. The van der Waals surface area contributed by atoms with Gasteiger partial charge in [-0.25, -0.2) is 8.42 Å². The van der Waals surface area contributed by atoms with E-state index in [-0.39, 0.29) is 23.4 Å². The smallest absolute Gasteiger partial charge is 0.264 e. The summed E-state index contributed by atoms with van der Waals surface area (Å²) in [6.07, 6.45) is 5.03. The number of amides is 2. The highest BCUT2D eigenvalue weighted by Gasteiger charge is 2.33. The highest BCUT2D eigenvalue weighted by Crippen LogP contribution is 2.26. The molecule has 0 bridgehead atoms. The first-order valence-corrected chi connectivity index (χ1v) is 15.5. The van der Waals surface area contributed by atoms with Crippen molar-refractivity contribution in [1.29, 1.82) is 0 Å². The first kappa shape index (κ1) is 29.9. The molecule has 3 aromatic rings. The van der Waals surface area contributed by atoms with Crippen LogP contribution in [0.3, 0.4) is 0 Å². The number of carbonyl (C=O) groups is 2. The van der Waals surface area contributed by atoms with Crippen LogP contribution in [0.4, 0.5) is 5.69 Å². The molecule has 10 heteroatoms. The average molecular weight is 603 g/mol. The molecule has 4 rings (SSSR count). The van der Waals surface area contributed by atoms with E-state index < -0.39 is 28.5 Å². The zero-order valence-electron chi connectivity index (χ0n) is 22.3. The zero-order chi connectivity index (χ0) is 28.7. The summed E-state index contributed by atoms with van der Waals surface area (Å²) in [4.78, 5) is 28.8. The Balaban J connectivity index is 1.66. The van der Waals surface area contributed by atoms with Crippen molar-refractivity contribution in [3.63, 3.8) is 0 Å². The van der Waals surface area contributed by atoms with Crippen molar-refractivity contribution in [1.82, 2.24) is 10.2 Å². The largest absolute Gasteiger partial charge is 0.352 e. The monoisotopic (exact) mass is 601 g/mol. The van der Waals surface area contributed by atoms with Crippen LogP contribution in [-0.4, -0.2) is 43.8 Å². The molecule has 0 aromatic heterocycles. The molecule has 1 saturated carbocycles. The van der Waals surface area contributed by atoms with Gasteiger partial charge >= 0.3 is 0 Å². The summed E-state index contributed by atoms with van der Waals surface area (Å²) in [6.45, 7) is 1.15. The summed E-state index contributed by atoms with van der Waals surface area (Å²) >= 11 is 12.5. The van der Waals surface area contributed by atoms with Crippen molar-refractivity contribution in [3.05, 3.63) is 94.5 Å². The molecule has 1 atom stereocenters. The van der Waals surface area contributed by atoms with Gasteiger partial charge in [0.15, 0.2) is 0 Å². The van der Waals surface area contributed by atoms with Crippen molar-refractivity contribution in [3.8, 4) is 0 Å². The van der Waals surface area contributed by atoms with Crippen LogP contribution in [-0.2, 0) is 26.2 Å². The Morgan fingerprint density at radius 3 is 2.17 bits per heavy atom. The molecule has 2 amide bonds. The van der Waals surface area contributed by atoms with Crippen LogP contribution in [0.15, 0.2) is 83.8 Å². The van der Waals surface area contributed by atoms with Gasteiger partial charge < -0.3 is 10.2 Å². The van der Waals surface area contributed by atoms with E-state index in [1.807, 2.05) is 0 Å². The highest BCUT2D eigenvalue weighted by molar-refractivity contribution is 7.92. The molecule has 3 aromatic carbocycles. The van der Waals surface area contributed by atoms with Gasteiger partial charge in [-0.2, -0.15) is 0 Å². The number of anilines is 1. The first-order chi connectivity index (χ1) is 19.2. The third-order valence-electron chi connectivity index (χ3n) is 7.13. The molecule has 1 N–H and O–H groups in total. The number of para-hydroxylation sites is 1. The van der Waals surface area contributed by atoms with Crippen molar-refractivity contribution in [2.24, 2.45) is 0 Å². The quantitative estimate of drug-likeness (QED) is 0.306. The van der Waals surface area contributed by atoms with E-state index in [1.165, 1.54) is 17.0 Å². The number of halogens is 2. The van der Waals surface area contributed by atoms with Gasteiger partial charge in [0.1, 0.15) is 12.6 Å². The van der Waals surface area contributed by atoms with Gasteiger partial charge in [-0.1, -0.05) is 84.9 Å². The van der Waals surface area contributed by atoms with Gasteiger partial charge in [-0.05, 0) is 61.7 Å². The van der Waals surface area contributed by atoms with Gasteiger partial charge in [0.2, 0.25) is 11.8 Å². The Morgan fingerprint density at radius 1 is 0.925 bits per heavy atom. The van der Waals surface area contributed by atoms with Crippen molar-refractivity contribution >= 4 is 50.7 Å². The van der Waals surface area contributed by atoms with E-state index in [9.17, 15) is 18.0 Å². The van der Waals surface area contributed by atoms with Crippen LogP contribution in [0.2, 0.25) is 10.0 Å². The molecule has 1 unspecified atom stereocenters. The number of hydrogen-bond acceptors (Lipinski definition) is 4. The van der Waals surface area contributed by atoms with E-state index >= 15 is 0 Å². The minimum Gasteiger partial charge on any atom is -0.352 e. The Kier molecular flexibility index (Phi) is 10.1. The third kappa shape index (κ3) is 7.36. The lowest BCUT2D eigenvalue weighted by atomic mass is 9.95. The molecule has 0 spiro atoms. The molecule has 212 valence electrons. The van der Waals surface area contributed by atoms with Gasteiger partial charge in [-0.15, -0.1) is 0 Å². The van der Waals surface area contributed by atoms with Gasteiger partial charge in [0.05, 0.1) is 10.6 Å². The highest BCUT2D eigenvalue weighted by atomic mass is 35.5. The number of benzene rings is 3. The van der Waals surface area contributed by atoms with Crippen LogP contribution in [0.1, 0.15) is 44.6 Å². The predicted molar refractivity (Wildman–Crippen MR) is 159 cm³/mol. The van der Waals surface area contributed by atoms with Gasteiger partial charge in [0.25, 0.3) is 10.0 Å². The number of nitrogens with one attached hydrogen (secondary N) is 1. The first-order valence-electron chi connectivity index (χ1n) is 13.3. The number of hydrogen-bond donors (Lipinski definition) is 1. The summed E-state index contributed by atoms with van der Waals surface area (Å²) < 4.78 is 28.6. The SMILES string of the molecule is CC(C(=O)NC1CCCCC1)N(Cc1ccc(Cl)cc1Cl)C(=O)CN(c1ccccc1)S(=O)(=O)c1ccccc1. The van der Waals surface area contributed by atoms with E-state index in [0.717, 1.165) is 36.4 Å². The lowest BCUT2D eigenvalue weighted by Crippen LogP contribution is -2.53. The Bertz CT molecular complexity index is 1420. The average Bonchev–Trinajstić information content (AvgIpc) is 2.96. The molecule has 0 aliphatic heterocycles. The van der Waals surface area contributed by atoms with Crippen LogP contribution >= 0.6 is 23.2 Å². The molecule has 0 radical (unpaired) electrons. The minimum atomic E-state index is -4.10. The second-order valence-electron chi connectivity index (χ2n) is 9.94. The maximum absolute atomic E-state index is 14.0. The molecule has 40 heavy (non-hydrogen) atoms. The third-order valence-corrected chi connectivity index (χ3v) is 9.50. The van der Waals surface area contributed by atoms with Gasteiger partial charge in [0, 0.05) is 22.6 Å². The molecule has 0 saturated heterocycles. The molecule has 1 aliphatic rings. The van der Waals surface area contributed by atoms with Crippen molar-refractivity contribution < 1.29 is 18.0 Å². The lowest BCUT2D eigenvalue weighted by Gasteiger charge is -2.33. The maximum atomic E-state index is 14.0. The Hall–Kier alpha value is -3.07. The standard InChI is InChI=1S/C30H33Cl2N3O4S/c1-22(30(37)33-25-11-5-2-6-12-25)34(20-23-17-18-24(31)19-28(23)32)29(36)21-35(26-13-7-3-8-14-26)40(38,39)27-15-9-4-10-16-27/h3-4,7-10,13-19,22,25H,2,5-6,11-12,20-21H2,1H3,(H,33,37). The Morgan fingerprint density at radius 2 is 1.55 bits per heavy atom. The second kappa shape index (κ2) is 13.5. The van der Waals surface area contributed by atoms with Gasteiger partial charge in [-0.3, -0.25) is 13.9 Å². The van der Waals surface area contributed by atoms with Crippen molar-refractivity contribution in [2.75, 3.05) is 10.8 Å². The topological polar surface area (TPSA) is 86.8 Å². The zero-order valence-corrected chi connectivity index (χ0v) is 24.6. The molecule has 7 nitrogen and oxygen atoms in total. The van der Waals surface area contributed by atoms with Crippen LogP contribution in [0.25, 0.3) is 0 Å². The molecular formula is C30H33Cl2N3O4S. The van der Waals surface area contributed by atoms with E-state index in [4.69, 9.17) is 23.2 Å². The van der Waals surface area contributed by atoms with Crippen LogP contribution < -0.4 is 9.62 Å². The summed E-state index contributed by atoms with van der Waals surface area (Å²) in [5.41, 5.74) is 0.928. The number of sulfonamides is 1. The lowest BCUT2D eigenvalue weighted by molar-refractivity contribution is -0.139. The summed E-state index contributed by atoms with van der Waals surface area (Å²) in [5, 5.41) is 3.88. The Labute approximate surface area is 246 Å². The van der Waals surface area contributed by atoms with Crippen LogP contribution in [0, 0.1) is 0 Å². The minimum absolute atomic E-state index is 0.00209. The number of nitrogens with zero attached hydrogens (tertiary/aromatic N) is 2. The van der Waals surface area contributed by atoms with E-state index in [1.54, 1.807) is 73.7 Å². The summed E-state index contributed by atoms with van der Waals surface area (Å²) in [7, 11) is -4.10. The molecule has 1 fully saturated rings. The second-order valence-corrected chi connectivity index (χ2v) is 12.6. The van der Waals surface area contributed by atoms with Crippen LogP contribution in [0.5, 0.6) is 0 Å². The fourth-order valence-corrected chi connectivity index (χ4v) is 6.73. The number of rotatable bonds is 10. The van der Waals surface area contributed by atoms with E-state index in [0.29, 0.717) is 21.3 Å².